The quantitative estimate of drug-likeness (QED) is 0.701. The fourth-order valence-electron chi connectivity index (χ4n) is 2.21. The van der Waals surface area contributed by atoms with E-state index in [2.05, 4.69) is 20.4 Å². The first-order valence-corrected chi connectivity index (χ1v) is 8.04. The number of methoxy groups -OCH3 is 1. The summed E-state index contributed by atoms with van der Waals surface area (Å²) in [6.45, 7) is 2.13. The van der Waals surface area contributed by atoms with Crippen molar-refractivity contribution in [1.29, 1.82) is 0 Å². The molecule has 0 fully saturated rings. The summed E-state index contributed by atoms with van der Waals surface area (Å²) in [7, 11) is 1.61. The number of benzene rings is 1. The number of carbonyl (C=O) groups excluding carboxylic acids is 1. The van der Waals surface area contributed by atoms with Gasteiger partial charge in [0.05, 0.1) is 7.11 Å². The molecule has 0 bridgehead atoms. The molecule has 0 aliphatic rings. The maximum Gasteiger partial charge on any atom is 0.244 e. The minimum atomic E-state index is -0.428. The van der Waals surface area contributed by atoms with Gasteiger partial charge in [-0.15, -0.1) is 0 Å². The molecule has 0 aliphatic heterocycles. The second-order valence-electron chi connectivity index (χ2n) is 5.55. The van der Waals surface area contributed by atoms with Gasteiger partial charge in [0, 0.05) is 18.8 Å². The monoisotopic (exact) mass is 353 g/mol. The molecule has 2 heterocycles. The average Bonchev–Trinajstić information content (AvgIpc) is 3.22. The Bertz CT molecular complexity index is 832. The van der Waals surface area contributed by atoms with E-state index in [1.54, 1.807) is 38.4 Å². The van der Waals surface area contributed by atoms with Gasteiger partial charge in [-0.2, -0.15) is 5.10 Å². The van der Waals surface area contributed by atoms with Gasteiger partial charge in [-0.1, -0.05) is 6.07 Å². The Hall–Kier alpha value is -3.42. The van der Waals surface area contributed by atoms with Gasteiger partial charge in [-0.3, -0.25) is 4.79 Å². The number of hydrogen-bond donors (Lipinski definition) is 1. The summed E-state index contributed by atoms with van der Waals surface area (Å²) in [5.74, 6) is 1.76. The molecule has 3 aromatic rings. The summed E-state index contributed by atoms with van der Waals surface area (Å²) >= 11 is 0. The van der Waals surface area contributed by atoms with Crippen LogP contribution in [0.25, 0.3) is 0 Å². The van der Waals surface area contributed by atoms with Crippen LogP contribution in [-0.2, 0) is 11.3 Å². The van der Waals surface area contributed by atoms with Crippen molar-refractivity contribution in [2.24, 2.45) is 0 Å². The summed E-state index contributed by atoms with van der Waals surface area (Å²) < 4.78 is 12.3. The Labute approximate surface area is 150 Å². The number of aromatic nitrogens is 4. The van der Waals surface area contributed by atoms with Crippen LogP contribution in [0.4, 0.5) is 0 Å². The van der Waals surface area contributed by atoms with Crippen molar-refractivity contribution in [3.63, 3.8) is 0 Å². The van der Waals surface area contributed by atoms with E-state index in [-0.39, 0.29) is 5.91 Å². The van der Waals surface area contributed by atoms with E-state index < -0.39 is 6.04 Å². The molecular formula is C18H19N5O3. The molecule has 0 radical (unpaired) electrons. The molecule has 134 valence electrons. The maximum absolute atomic E-state index is 12.1. The second-order valence-corrected chi connectivity index (χ2v) is 5.55. The lowest BCUT2D eigenvalue weighted by atomic mass is 10.2. The first-order chi connectivity index (χ1) is 12.7. The van der Waals surface area contributed by atoms with Crippen molar-refractivity contribution in [2.75, 3.05) is 7.11 Å². The zero-order chi connectivity index (χ0) is 18.4. The maximum atomic E-state index is 12.1. The van der Waals surface area contributed by atoms with Crippen molar-refractivity contribution in [2.45, 2.75) is 19.5 Å². The normalized spacial score (nSPS) is 11.6. The highest BCUT2D eigenvalue weighted by molar-refractivity contribution is 5.79. The molecule has 0 aliphatic carbocycles. The number of hydrogen-bond acceptors (Lipinski definition) is 6. The van der Waals surface area contributed by atoms with Gasteiger partial charge in [-0.05, 0) is 36.8 Å². The van der Waals surface area contributed by atoms with E-state index in [4.69, 9.17) is 9.47 Å². The number of pyridine rings is 1. The average molecular weight is 353 g/mol. The molecule has 0 saturated heterocycles. The molecule has 0 unspecified atom stereocenters. The number of rotatable bonds is 7. The van der Waals surface area contributed by atoms with Gasteiger partial charge in [0.1, 0.15) is 30.2 Å². The van der Waals surface area contributed by atoms with Crippen LogP contribution in [0, 0.1) is 0 Å². The van der Waals surface area contributed by atoms with Crippen LogP contribution in [0.15, 0.2) is 55.2 Å². The van der Waals surface area contributed by atoms with Gasteiger partial charge in [-0.25, -0.2) is 14.6 Å². The number of amides is 1. The Kier molecular flexibility index (Phi) is 5.43. The third-order valence-corrected chi connectivity index (χ3v) is 3.76. The van der Waals surface area contributed by atoms with Crippen LogP contribution >= 0.6 is 0 Å². The van der Waals surface area contributed by atoms with Crippen molar-refractivity contribution >= 4 is 5.91 Å². The van der Waals surface area contributed by atoms with E-state index in [9.17, 15) is 4.79 Å². The van der Waals surface area contributed by atoms with Crippen LogP contribution in [0.3, 0.4) is 0 Å². The first-order valence-electron chi connectivity index (χ1n) is 8.04. The molecule has 8 heteroatoms. The van der Waals surface area contributed by atoms with Crippen molar-refractivity contribution < 1.29 is 14.3 Å². The Morgan fingerprint density at radius 3 is 2.58 bits per heavy atom. The summed E-state index contributed by atoms with van der Waals surface area (Å²) in [5, 5.41) is 6.81. The van der Waals surface area contributed by atoms with Gasteiger partial charge in [0.25, 0.3) is 0 Å². The van der Waals surface area contributed by atoms with Crippen LogP contribution in [0.5, 0.6) is 17.4 Å². The third-order valence-electron chi connectivity index (χ3n) is 3.76. The van der Waals surface area contributed by atoms with Crippen LogP contribution < -0.4 is 14.8 Å². The van der Waals surface area contributed by atoms with E-state index in [1.165, 1.54) is 17.3 Å². The van der Waals surface area contributed by atoms with Crippen molar-refractivity contribution in [3.05, 3.63) is 60.8 Å². The standard InChI is InChI=1S/C18H19N5O3/c1-13(23-12-19-11-22-23)18(24)21-10-14-3-8-17(20-9-14)26-16-6-4-15(25-2)5-7-16/h3-9,11-13H,10H2,1-2H3,(H,21,24)/t13-/m1/s1. The smallest absolute Gasteiger partial charge is 0.244 e. The van der Waals surface area contributed by atoms with Crippen molar-refractivity contribution in [3.8, 4) is 17.4 Å². The van der Waals surface area contributed by atoms with Gasteiger partial charge in [0.15, 0.2) is 0 Å². The summed E-state index contributed by atoms with van der Waals surface area (Å²) in [5.41, 5.74) is 0.867. The van der Waals surface area contributed by atoms with Crippen LogP contribution in [-0.4, -0.2) is 32.8 Å². The van der Waals surface area contributed by atoms with E-state index in [1.807, 2.05) is 18.2 Å². The third kappa shape index (κ3) is 4.35. The molecule has 2 aromatic heterocycles. The molecule has 0 saturated carbocycles. The van der Waals surface area contributed by atoms with Gasteiger partial charge >= 0.3 is 0 Å². The lowest BCUT2D eigenvalue weighted by Crippen LogP contribution is -2.30. The highest BCUT2D eigenvalue weighted by Gasteiger charge is 2.14. The molecule has 3 rings (SSSR count). The highest BCUT2D eigenvalue weighted by Crippen LogP contribution is 2.22. The summed E-state index contributed by atoms with van der Waals surface area (Å²) in [6.07, 6.45) is 4.58. The first kappa shape index (κ1) is 17.4. The van der Waals surface area contributed by atoms with E-state index in [0.29, 0.717) is 18.2 Å². The van der Waals surface area contributed by atoms with Gasteiger partial charge in [0.2, 0.25) is 11.8 Å². The minimum absolute atomic E-state index is 0.144. The van der Waals surface area contributed by atoms with E-state index >= 15 is 0 Å². The predicted octanol–water partition coefficient (Wildman–Crippen LogP) is 2.35. The number of carbonyl (C=O) groups is 1. The number of ether oxygens (including phenoxy) is 2. The number of nitrogens with zero attached hydrogens (tertiary/aromatic N) is 4. The molecule has 26 heavy (non-hydrogen) atoms. The minimum Gasteiger partial charge on any atom is -0.497 e. The highest BCUT2D eigenvalue weighted by atomic mass is 16.5. The van der Waals surface area contributed by atoms with Crippen LogP contribution in [0.2, 0.25) is 0 Å². The van der Waals surface area contributed by atoms with E-state index in [0.717, 1.165) is 11.3 Å². The van der Waals surface area contributed by atoms with Crippen LogP contribution in [0.1, 0.15) is 18.5 Å². The SMILES string of the molecule is COc1ccc(Oc2ccc(CNC(=O)[C@@H](C)n3cncn3)cn2)cc1. The molecular weight excluding hydrogens is 334 g/mol. The Morgan fingerprint density at radius 1 is 1.19 bits per heavy atom. The zero-order valence-corrected chi connectivity index (χ0v) is 14.5. The van der Waals surface area contributed by atoms with Gasteiger partial charge < -0.3 is 14.8 Å². The second kappa shape index (κ2) is 8.11. The lowest BCUT2D eigenvalue weighted by Gasteiger charge is -2.12. The predicted molar refractivity (Wildman–Crippen MR) is 93.9 cm³/mol. The molecule has 1 N–H and O–H groups in total. The fourth-order valence-corrected chi connectivity index (χ4v) is 2.21. The molecule has 0 spiro atoms. The summed E-state index contributed by atoms with van der Waals surface area (Å²) in [6, 6.07) is 10.4. The summed E-state index contributed by atoms with van der Waals surface area (Å²) in [4.78, 5) is 20.2. The largest absolute Gasteiger partial charge is 0.497 e. The molecule has 1 aromatic carbocycles. The lowest BCUT2D eigenvalue weighted by molar-refractivity contribution is -0.124. The molecule has 8 nitrogen and oxygen atoms in total. The molecule has 1 amide bonds. The zero-order valence-electron chi connectivity index (χ0n) is 14.5. The van der Waals surface area contributed by atoms with Crippen molar-refractivity contribution in [1.82, 2.24) is 25.1 Å². The Balaban J connectivity index is 1.53. The fraction of sp³-hybridized carbons (Fsp3) is 0.222. The molecule has 1 atom stereocenters. The Morgan fingerprint density at radius 2 is 1.96 bits per heavy atom. The number of nitrogens with one attached hydrogen (secondary N) is 1. The topological polar surface area (TPSA) is 91.2 Å².